The van der Waals surface area contributed by atoms with Crippen LogP contribution in [0.3, 0.4) is 0 Å². The van der Waals surface area contributed by atoms with E-state index < -0.39 is 0 Å². The summed E-state index contributed by atoms with van der Waals surface area (Å²) in [5.74, 6) is 2.78. The van der Waals surface area contributed by atoms with E-state index in [9.17, 15) is 4.79 Å². The fourth-order valence-corrected chi connectivity index (χ4v) is 5.01. The molecule has 1 aliphatic heterocycles. The van der Waals surface area contributed by atoms with Crippen LogP contribution in [0.5, 0.6) is 17.2 Å². The summed E-state index contributed by atoms with van der Waals surface area (Å²) in [5, 5.41) is 7.50. The molecule has 1 amide bonds. The van der Waals surface area contributed by atoms with Gasteiger partial charge in [0.25, 0.3) is 5.95 Å². The molecule has 1 atom stereocenters. The molecule has 0 saturated carbocycles. The summed E-state index contributed by atoms with van der Waals surface area (Å²) in [7, 11) is 4.73. The van der Waals surface area contributed by atoms with E-state index in [4.69, 9.17) is 19.3 Å². The van der Waals surface area contributed by atoms with E-state index >= 15 is 0 Å². The number of carbonyl (C=O) groups excluding carboxylic acids is 1. The van der Waals surface area contributed by atoms with Crippen LogP contribution in [0, 0.1) is 20.8 Å². The number of nitrogens with one attached hydrogen (secondary N) is 1. The molecule has 9 nitrogen and oxygen atoms in total. The van der Waals surface area contributed by atoms with Crippen molar-refractivity contribution >= 4 is 23.5 Å². The summed E-state index contributed by atoms with van der Waals surface area (Å²) < 4.78 is 18.2. The van der Waals surface area contributed by atoms with E-state index in [0.717, 1.165) is 28.2 Å². The highest BCUT2D eigenvalue weighted by Crippen LogP contribution is 2.48. The number of fused-ring (bicyclic) bond motifs is 1. The first kappa shape index (κ1) is 21.9. The molecular weight excluding hydrogens is 430 g/mol. The van der Waals surface area contributed by atoms with Crippen LogP contribution in [-0.4, -0.2) is 52.7 Å². The Hall–Kier alpha value is -3.27. The zero-order valence-electron chi connectivity index (χ0n) is 18.8. The summed E-state index contributed by atoms with van der Waals surface area (Å²) in [6.07, 6.45) is 0. The number of hydrogen-bond acceptors (Lipinski definition) is 8. The number of methoxy groups -OCH3 is 3. The molecule has 4 rings (SSSR count). The highest BCUT2D eigenvalue weighted by atomic mass is 32.2. The first-order chi connectivity index (χ1) is 15.4. The third kappa shape index (κ3) is 3.86. The Bertz CT molecular complexity index is 1150. The highest BCUT2D eigenvalue weighted by molar-refractivity contribution is 8.00. The number of aryl methyl sites for hydroxylation is 3. The van der Waals surface area contributed by atoms with E-state index in [1.165, 1.54) is 11.8 Å². The van der Waals surface area contributed by atoms with Crippen molar-refractivity contribution in [2.24, 2.45) is 0 Å². The molecule has 0 aliphatic carbocycles. The van der Waals surface area contributed by atoms with Crippen molar-refractivity contribution in [2.75, 3.05) is 32.4 Å². The highest BCUT2D eigenvalue weighted by Gasteiger charge is 2.32. The second-order valence-corrected chi connectivity index (χ2v) is 8.50. The van der Waals surface area contributed by atoms with E-state index in [1.807, 2.05) is 39.0 Å². The summed E-state index contributed by atoms with van der Waals surface area (Å²) in [5.41, 5.74) is 4.22. The molecule has 0 unspecified atom stereocenters. The van der Waals surface area contributed by atoms with E-state index in [2.05, 4.69) is 15.3 Å². The monoisotopic (exact) mass is 455 g/mol. The molecule has 0 spiro atoms. The van der Waals surface area contributed by atoms with Gasteiger partial charge in [-0.05, 0) is 44.5 Å². The van der Waals surface area contributed by atoms with Crippen LogP contribution in [-0.2, 0) is 4.79 Å². The van der Waals surface area contributed by atoms with E-state index in [1.54, 1.807) is 26.0 Å². The van der Waals surface area contributed by atoms with Gasteiger partial charge < -0.3 is 19.5 Å². The molecule has 3 heterocycles. The van der Waals surface area contributed by atoms with Crippen LogP contribution in [0.2, 0.25) is 0 Å². The van der Waals surface area contributed by atoms with Crippen molar-refractivity contribution < 1.29 is 19.0 Å². The smallest absolute Gasteiger partial charge is 0.252 e. The minimum Gasteiger partial charge on any atom is -0.493 e. The molecule has 1 aliphatic rings. The summed E-state index contributed by atoms with van der Waals surface area (Å²) in [4.78, 5) is 21.7. The van der Waals surface area contributed by atoms with Gasteiger partial charge in [0.05, 0.1) is 38.0 Å². The van der Waals surface area contributed by atoms with Gasteiger partial charge >= 0.3 is 0 Å². The molecule has 3 aromatic rings. The Morgan fingerprint density at radius 3 is 2.19 bits per heavy atom. The van der Waals surface area contributed by atoms with Gasteiger partial charge in [-0.3, -0.25) is 4.79 Å². The number of aromatic nitrogens is 4. The minimum absolute atomic E-state index is 0.114. The van der Waals surface area contributed by atoms with Crippen LogP contribution in [0.25, 0.3) is 5.95 Å². The average molecular weight is 456 g/mol. The average Bonchev–Trinajstić information content (AvgIpc) is 2.97. The number of benzene rings is 1. The van der Waals surface area contributed by atoms with Crippen molar-refractivity contribution in [1.82, 2.24) is 19.7 Å². The Labute approximate surface area is 190 Å². The number of nitrogens with zero attached hydrogens (tertiary/aromatic N) is 4. The summed E-state index contributed by atoms with van der Waals surface area (Å²) >= 11 is 1.51. The summed E-state index contributed by atoms with van der Waals surface area (Å²) in [6, 6.07) is 5.71. The van der Waals surface area contributed by atoms with Crippen LogP contribution in [0.15, 0.2) is 18.2 Å². The van der Waals surface area contributed by atoms with Gasteiger partial charge in [-0.1, -0.05) is 0 Å². The molecule has 2 aromatic heterocycles. The molecule has 1 aromatic carbocycles. The second-order valence-electron chi connectivity index (χ2n) is 7.41. The fraction of sp³-hybridized carbons (Fsp3) is 0.364. The summed E-state index contributed by atoms with van der Waals surface area (Å²) in [6.45, 7) is 5.72. The molecule has 0 fully saturated rings. The Balaban J connectivity index is 1.92. The minimum atomic E-state index is -0.197. The van der Waals surface area contributed by atoms with Gasteiger partial charge in [-0.15, -0.1) is 11.8 Å². The lowest BCUT2D eigenvalue weighted by molar-refractivity contribution is -0.113. The normalized spacial score (nSPS) is 15.6. The maximum atomic E-state index is 12.6. The van der Waals surface area contributed by atoms with Crippen molar-refractivity contribution in [3.63, 3.8) is 0 Å². The van der Waals surface area contributed by atoms with Gasteiger partial charge in [0, 0.05) is 17.0 Å². The molecule has 32 heavy (non-hydrogen) atoms. The fourth-order valence-electron chi connectivity index (χ4n) is 3.85. The maximum Gasteiger partial charge on any atom is 0.252 e. The van der Waals surface area contributed by atoms with Gasteiger partial charge in [0.1, 0.15) is 5.82 Å². The van der Waals surface area contributed by atoms with Gasteiger partial charge in [-0.25, -0.2) is 9.97 Å². The molecular formula is C22H25N5O4S. The van der Waals surface area contributed by atoms with Crippen molar-refractivity contribution in [3.05, 3.63) is 46.4 Å². The zero-order chi connectivity index (χ0) is 23.0. The van der Waals surface area contributed by atoms with Crippen molar-refractivity contribution in [1.29, 1.82) is 0 Å². The largest absolute Gasteiger partial charge is 0.493 e. The van der Waals surface area contributed by atoms with Crippen LogP contribution >= 0.6 is 11.8 Å². The molecule has 10 heteroatoms. The number of thioether (sulfide) groups is 1. The van der Waals surface area contributed by atoms with Crippen molar-refractivity contribution in [2.45, 2.75) is 26.0 Å². The standard InChI is InChI=1S/C22H25N5O4S/c1-11-7-12(2)24-22(23-11)27-21-18(13(3)26-27)20(32-10-17(28)25-21)14-8-15(29-4)19(31-6)16(9-14)30-5/h7-9,20H,10H2,1-6H3,(H,25,28)/t20-/m0/s1. The third-order valence-corrected chi connectivity index (χ3v) is 6.43. The predicted octanol–water partition coefficient (Wildman–Crippen LogP) is 3.39. The lowest BCUT2D eigenvalue weighted by Crippen LogP contribution is -2.17. The molecule has 168 valence electrons. The quantitative estimate of drug-likeness (QED) is 0.625. The molecule has 0 bridgehead atoms. The van der Waals surface area contributed by atoms with Gasteiger partial charge in [0.15, 0.2) is 11.5 Å². The van der Waals surface area contributed by atoms with Crippen LogP contribution < -0.4 is 19.5 Å². The maximum absolute atomic E-state index is 12.6. The van der Waals surface area contributed by atoms with E-state index in [0.29, 0.717) is 29.0 Å². The van der Waals surface area contributed by atoms with Crippen molar-refractivity contribution in [3.8, 4) is 23.2 Å². The Morgan fingerprint density at radius 1 is 1.00 bits per heavy atom. The van der Waals surface area contributed by atoms with Gasteiger partial charge in [-0.2, -0.15) is 9.78 Å². The topological polar surface area (TPSA) is 100 Å². The first-order valence-corrected chi connectivity index (χ1v) is 11.0. The third-order valence-electron chi connectivity index (χ3n) is 5.16. The number of carbonyl (C=O) groups is 1. The van der Waals surface area contributed by atoms with Crippen LogP contribution in [0.4, 0.5) is 5.82 Å². The second kappa shape index (κ2) is 8.70. The number of rotatable bonds is 5. The first-order valence-electron chi connectivity index (χ1n) is 9.99. The SMILES string of the molecule is COc1cc([C@@H]2SCC(=O)Nc3c2c(C)nn3-c2nc(C)cc(C)n2)cc(OC)c1OC. The number of anilines is 1. The molecule has 0 radical (unpaired) electrons. The van der Waals surface area contributed by atoms with Crippen LogP contribution in [0.1, 0.15) is 33.5 Å². The Morgan fingerprint density at radius 2 is 1.62 bits per heavy atom. The Kier molecular flexibility index (Phi) is 5.96. The lowest BCUT2D eigenvalue weighted by Gasteiger charge is -2.19. The van der Waals surface area contributed by atoms with E-state index in [-0.39, 0.29) is 16.9 Å². The predicted molar refractivity (Wildman–Crippen MR) is 122 cm³/mol. The van der Waals surface area contributed by atoms with Gasteiger partial charge in [0.2, 0.25) is 11.7 Å². The number of ether oxygens (including phenoxy) is 3. The lowest BCUT2D eigenvalue weighted by atomic mass is 10.0. The number of hydrogen-bond donors (Lipinski definition) is 1. The number of amides is 1. The molecule has 0 saturated heterocycles. The zero-order valence-corrected chi connectivity index (χ0v) is 19.7. The molecule has 1 N–H and O–H groups in total.